The van der Waals surface area contributed by atoms with Gasteiger partial charge in [-0.3, -0.25) is 4.90 Å². The zero-order valence-electron chi connectivity index (χ0n) is 11.8. The minimum atomic E-state index is -4.20. The van der Waals surface area contributed by atoms with Crippen LogP contribution >= 0.6 is 0 Å². The normalized spacial score (nSPS) is 13.6. The topological polar surface area (TPSA) is 38.5 Å². The lowest BCUT2D eigenvalue weighted by atomic mass is 10.1. The fourth-order valence-electron chi connectivity index (χ4n) is 1.84. The van der Waals surface area contributed by atoms with Crippen molar-refractivity contribution < 1.29 is 17.9 Å². The van der Waals surface area contributed by atoms with Crippen LogP contribution in [-0.2, 0) is 0 Å². The summed E-state index contributed by atoms with van der Waals surface area (Å²) in [6.07, 6.45) is -3.28. The lowest BCUT2D eigenvalue weighted by Gasteiger charge is -2.22. The highest BCUT2D eigenvalue weighted by atomic mass is 19.4. The second kappa shape index (κ2) is 7.50. The van der Waals surface area contributed by atoms with Crippen molar-refractivity contribution in [1.29, 1.82) is 0 Å². The Balaban J connectivity index is 2.52. The summed E-state index contributed by atoms with van der Waals surface area (Å²) in [6, 6.07) is 6.69. The van der Waals surface area contributed by atoms with Gasteiger partial charge in [-0.1, -0.05) is 19.1 Å². The Labute approximate surface area is 117 Å². The fourth-order valence-corrected chi connectivity index (χ4v) is 1.84. The lowest BCUT2D eigenvalue weighted by Crippen LogP contribution is -2.36. The number of hydrogen-bond donors (Lipinski definition) is 1. The van der Waals surface area contributed by atoms with Gasteiger partial charge in [0.2, 0.25) is 0 Å². The van der Waals surface area contributed by atoms with Gasteiger partial charge in [0.25, 0.3) is 0 Å². The molecular weight excluding hydrogens is 269 g/mol. The number of nitrogens with zero attached hydrogens (tertiary/aromatic N) is 1. The highest BCUT2D eigenvalue weighted by Gasteiger charge is 2.29. The second-order valence-electron chi connectivity index (χ2n) is 4.84. The van der Waals surface area contributed by atoms with Gasteiger partial charge in [0.1, 0.15) is 5.75 Å². The smallest absolute Gasteiger partial charge is 0.401 e. The predicted octanol–water partition coefficient (Wildman–Crippen LogP) is 2.97. The first-order chi connectivity index (χ1) is 9.31. The van der Waals surface area contributed by atoms with E-state index in [1.807, 2.05) is 6.92 Å². The standard InChI is InChI=1S/C14H21F3N2O/c1-3-8-20-12-6-4-11(5-7-12)13(18)9-19(2)10-14(15,16)17/h4-7,13H,3,8-10,18H2,1-2H3. The third kappa shape index (κ3) is 6.25. The Bertz CT molecular complexity index is 392. The predicted molar refractivity (Wildman–Crippen MR) is 72.7 cm³/mol. The van der Waals surface area contributed by atoms with Crippen LogP contribution in [0, 0.1) is 0 Å². The minimum Gasteiger partial charge on any atom is -0.494 e. The van der Waals surface area contributed by atoms with Gasteiger partial charge in [-0.15, -0.1) is 0 Å². The van der Waals surface area contributed by atoms with E-state index in [9.17, 15) is 13.2 Å². The molecule has 0 spiro atoms. The molecule has 1 aromatic carbocycles. The number of rotatable bonds is 7. The van der Waals surface area contributed by atoms with Crippen LogP contribution in [0.5, 0.6) is 5.75 Å². The van der Waals surface area contributed by atoms with Gasteiger partial charge in [-0.25, -0.2) is 0 Å². The molecule has 0 fully saturated rings. The molecule has 2 N–H and O–H groups in total. The molecule has 6 heteroatoms. The van der Waals surface area contributed by atoms with Gasteiger partial charge < -0.3 is 10.5 Å². The first-order valence-corrected chi connectivity index (χ1v) is 6.55. The minimum absolute atomic E-state index is 0.147. The van der Waals surface area contributed by atoms with Gasteiger partial charge in [-0.2, -0.15) is 13.2 Å². The van der Waals surface area contributed by atoms with Gasteiger partial charge in [-0.05, 0) is 31.2 Å². The van der Waals surface area contributed by atoms with Crippen LogP contribution in [0.2, 0.25) is 0 Å². The van der Waals surface area contributed by atoms with E-state index >= 15 is 0 Å². The molecule has 1 atom stereocenters. The van der Waals surface area contributed by atoms with E-state index in [4.69, 9.17) is 10.5 Å². The van der Waals surface area contributed by atoms with Gasteiger partial charge in [0, 0.05) is 12.6 Å². The summed E-state index contributed by atoms with van der Waals surface area (Å²) in [7, 11) is 1.41. The van der Waals surface area contributed by atoms with Gasteiger partial charge in [0.05, 0.1) is 13.2 Å². The van der Waals surface area contributed by atoms with Crippen molar-refractivity contribution in [3.05, 3.63) is 29.8 Å². The Morgan fingerprint density at radius 3 is 2.35 bits per heavy atom. The second-order valence-corrected chi connectivity index (χ2v) is 4.84. The summed E-state index contributed by atoms with van der Waals surface area (Å²) in [5, 5.41) is 0. The molecule has 0 aromatic heterocycles. The van der Waals surface area contributed by atoms with Crippen molar-refractivity contribution in [3.8, 4) is 5.75 Å². The van der Waals surface area contributed by atoms with Crippen molar-refractivity contribution in [2.24, 2.45) is 5.73 Å². The zero-order chi connectivity index (χ0) is 15.2. The first-order valence-electron chi connectivity index (χ1n) is 6.55. The van der Waals surface area contributed by atoms with Crippen LogP contribution < -0.4 is 10.5 Å². The fraction of sp³-hybridized carbons (Fsp3) is 0.571. The average molecular weight is 290 g/mol. The number of nitrogens with two attached hydrogens (primary N) is 1. The Kier molecular flexibility index (Phi) is 6.29. The zero-order valence-corrected chi connectivity index (χ0v) is 11.8. The van der Waals surface area contributed by atoms with Crippen LogP contribution in [0.25, 0.3) is 0 Å². The third-order valence-electron chi connectivity index (χ3n) is 2.74. The molecule has 1 rings (SSSR count). The third-order valence-corrected chi connectivity index (χ3v) is 2.74. The number of alkyl halides is 3. The highest BCUT2D eigenvalue weighted by molar-refractivity contribution is 5.29. The van der Waals surface area contributed by atoms with Crippen molar-refractivity contribution in [2.45, 2.75) is 25.6 Å². The van der Waals surface area contributed by atoms with E-state index in [1.54, 1.807) is 24.3 Å². The van der Waals surface area contributed by atoms with Crippen LogP contribution in [0.4, 0.5) is 13.2 Å². The molecule has 1 aromatic rings. The molecule has 114 valence electrons. The molecule has 0 saturated heterocycles. The van der Waals surface area contributed by atoms with Crippen molar-refractivity contribution in [2.75, 3.05) is 26.7 Å². The summed E-state index contributed by atoms with van der Waals surface area (Å²) in [4.78, 5) is 1.17. The summed E-state index contributed by atoms with van der Waals surface area (Å²) in [5.74, 6) is 0.742. The molecule has 0 heterocycles. The molecule has 0 aliphatic rings. The quantitative estimate of drug-likeness (QED) is 0.839. The maximum Gasteiger partial charge on any atom is 0.401 e. The number of likely N-dealkylation sites (N-methyl/N-ethyl adjacent to an activating group) is 1. The van der Waals surface area contributed by atoms with E-state index in [-0.39, 0.29) is 6.54 Å². The van der Waals surface area contributed by atoms with Crippen LogP contribution in [0.15, 0.2) is 24.3 Å². The Hall–Kier alpha value is -1.27. The summed E-state index contributed by atoms with van der Waals surface area (Å²) in [6.45, 7) is 1.84. The number of hydrogen-bond acceptors (Lipinski definition) is 3. The van der Waals surface area contributed by atoms with E-state index in [2.05, 4.69) is 0 Å². The van der Waals surface area contributed by atoms with E-state index in [0.717, 1.165) is 17.7 Å². The number of benzene rings is 1. The average Bonchev–Trinajstić information content (AvgIpc) is 2.34. The maximum absolute atomic E-state index is 12.2. The molecule has 0 amide bonds. The molecular formula is C14H21F3N2O. The van der Waals surface area contributed by atoms with Crippen LogP contribution in [0.3, 0.4) is 0 Å². The van der Waals surface area contributed by atoms with E-state index < -0.39 is 18.8 Å². The van der Waals surface area contributed by atoms with Gasteiger partial charge in [0.15, 0.2) is 0 Å². The Morgan fingerprint density at radius 2 is 1.85 bits per heavy atom. The summed E-state index contributed by atoms with van der Waals surface area (Å²) in [5.41, 5.74) is 6.71. The summed E-state index contributed by atoms with van der Waals surface area (Å²) < 4.78 is 42.1. The lowest BCUT2D eigenvalue weighted by molar-refractivity contribution is -0.143. The van der Waals surface area contributed by atoms with Gasteiger partial charge >= 0.3 is 6.18 Å². The molecule has 1 unspecified atom stereocenters. The maximum atomic E-state index is 12.2. The largest absolute Gasteiger partial charge is 0.494 e. The number of halogens is 3. The highest BCUT2D eigenvalue weighted by Crippen LogP contribution is 2.19. The monoisotopic (exact) mass is 290 g/mol. The van der Waals surface area contributed by atoms with Crippen molar-refractivity contribution in [3.63, 3.8) is 0 Å². The molecule has 0 radical (unpaired) electrons. The van der Waals surface area contributed by atoms with E-state index in [1.165, 1.54) is 11.9 Å². The first kappa shape index (κ1) is 16.8. The molecule has 0 bridgehead atoms. The SMILES string of the molecule is CCCOc1ccc(C(N)CN(C)CC(F)(F)F)cc1. The number of ether oxygens (including phenoxy) is 1. The molecule has 0 aliphatic carbocycles. The van der Waals surface area contributed by atoms with Crippen LogP contribution in [0.1, 0.15) is 24.9 Å². The molecule has 0 aliphatic heterocycles. The molecule has 20 heavy (non-hydrogen) atoms. The molecule has 0 saturated carbocycles. The van der Waals surface area contributed by atoms with Crippen LogP contribution in [-0.4, -0.2) is 37.8 Å². The van der Waals surface area contributed by atoms with Crippen molar-refractivity contribution >= 4 is 0 Å². The Morgan fingerprint density at radius 1 is 1.25 bits per heavy atom. The van der Waals surface area contributed by atoms with Crippen molar-refractivity contribution in [1.82, 2.24) is 4.90 Å². The summed E-state index contributed by atoms with van der Waals surface area (Å²) >= 11 is 0. The van der Waals surface area contributed by atoms with E-state index in [0.29, 0.717) is 6.61 Å². The molecule has 3 nitrogen and oxygen atoms in total.